The Kier molecular flexibility index (Phi) is 3.93. The maximum absolute atomic E-state index is 13.0. The van der Waals surface area contributed by atoms with E-state index < -0.39 is 0 Å². The van der Waals surface area contributed by atoms with Gasteiger partial charge in [0.1, 0.15) is 11.6 Å². The predicted octanol–water partition coefficient (Wildman–Crippen LogP) is 4.25. The van der Waals surface area contributed by atoms with Crippen LogP contribution in [0.4, 0.5) is 4.39 Å². The van der Waals surface area contributed by atoms with Gasteiger partial charge in [-0.25, -0.2) is 4.39 Å². The molecule has 0 aromatic heterocycles. The smallest absolute Gasteiger partial charge is 0.124 e. The number of nitrogens with one attached hydrogen (secondary N) is 1. The SMILES string of the molecule is CC1COc2ccccc2C1N[C@@H](C)c1ccc(F)cc1. The third-order valence-corrected chi connectivity index (χ3v) is 4.12. The average Bonchev–Trinajstić information content (AvgIpc) is 2.51. The second-order valence-corrected chi connectivity index (χ2v) is 5.74. The Hall–Kier alpha value is -1.87. The summed E-state index contributed by atoms with van der Waals surface area (Å²) in [7, 11) is 0. The minimum Gasteiger partial charge on any atom is -0.493 e. The van der Waals surface area contributed by atoms with Crippen LogP contribution >= 0.6 is 0 Å². The largest absolute Gasteiger partial charge is 0.493 e. The van der Waals surface area contributed by atoms with Gasteiger partial charge in [0, 0.05) is 23.6 Å². The molecule has 1 aliphatic rings. The maximum atomic E-state index is 13.0. The van der Waals surface area contributed by atoms with Gasteiger partial charge < -0.3 is 10.1 Å². The molecule has 0 radical (unpaired) electrons. The highest BCUT2D eigenvalue weighted by Crippen LogP contribution is 2.36. The fourth-order valence-electron chi connectivity index (χ4n) is 2.86. The number of hydrogen-bond acceptors (Lipinski definition) is 2. The van der Waals surface area contributed by atoms with Crippen LogP contribution in [0.3, 0.4) is 0 Å². The summed E-state index contributed by atoms with van der Waals surface area (Å²) in [6.45, 7) is 5.01. The number of benzene rings is 2. The molecule has 0 saturated heterocycles. The van der Waals surface area contributed by atoms with Gasteiger partial charge in [0.2, 0.25) is 0 Å². The summed E-state index contributed by atoms with van der Waals surface area (Å²) in [4.78, 5) is 0. The van der Waals surface area contributed by atoms with E-state index in [2.05, 4.69) is 25.2 Å². The number of para-hydroxylation sites is 1. The Bertz CT molecular complexity index is 611. The molecule has 0 amide bonds. The fraction of sp³-hybridized carbons (Fsp3) is 0.333. The maximum Gasteiger partial charge on any atom is 0.124 e. The minimum absolute atomic E-state index is 0.157. The van der Waals surface area contributed by atoms with E-state index in [0.717, 1.165) is 11.3 Å². The molecule has 3 atom stereocenters. The van der Waals surface area contributed by atoms with Crippen molar-refractivity contribution in [3.8, 4) is 5.75 Å². The molecule has 2 aromatic rings. The van der Waals surface area contributed by atoms with Crippen molar-refractivity contribution in [1.82, 2.24) is 5.32 Å². The summed E-state index contributed by atoms with van der Waals surface area (Å²) in [6, 6.07) is 15.3. The first-order chi connectivity index (χ1) is 10.1. The molecule has 0 fully saturated rings. The van der Waals surface area contributed by atoms with Crippen LogP contribution in [-0.2, 0) is 0 Å². The average molecular weight is 285 g/mol. The predicted molar refractivity (Wildman–Crippen MR) is 81.8 cm³/mol. The molecule has 0 aliphatic carbocycles. The summed E-state index contributed by atoms with van der Waals surface area (Å²) in [5, 5.41) is 3.66. The van der Waals surface area contributed by atoms with Gasteiger partial charge in [-0.3, -0.25) is 0 Å². The second kappa shape index (κ2) is 5.86. The molecule has 3 rings (SSSR count). The van der Waals surface area contributed by atoms with E-state index in [1.54, 1.807) is 0 Å². The zero-order valence-electron chi connectivity index (χ0n) is 12.3. The lowest BCUT2D eigenvalue weighted by Gasteiger charge is -2.34. The zero-order valence-corrected chi connectivity index (χ0v) is 12.3. The third kappa shape index (κ3) is 2.93. The fourth-order valence-corrected chi connectivity index (χ4v) is 2.86. The molecule has 21 heavy (non-hydrogen) atoms. The van der Waals surface area contributed by atoms with E-state index in [1.165, 1.54) is 17.7 Å². The highest BCUT2D eigenvalue weighted by molar-refractivity contribution is 5.38. The van der Waals surface area contributed by atoms with Gasteiger partial charge in [0.05, 0.1) is 6.61 Å². The molecule has 1 aliphatic heterocycles. The number of halogens is 1. The van der Waals surface area contributed by atoms with Crippen molar-refractivity contribution in [2.45, 2.75) is 25.9 Å². The van der Waals surface area contributed by atoms with Crippen LogP contribution in [0.5, 0.6) is 5.75 Å². The van der Waals surface area contributed by atoms with E-state index in [0.29, 0.717) is 12.5 Å². The van der Waals surface area contributed by atoms with Gasteiger partial charge in [0.15, 0.2) is 0 Å². The van der Waals surface area contributed by atoms with Crippen LogP contribution in [0.1, 0.15) is 37.1 Å². The summed E-state index contributed by atoms with van der Waals surface area (Å²) in [5.74, 6) is 1.15. The molecule has 1 N–H and O–H groups in total. The van der Waals surface area contributed by atoms with Crippen molar-refractivity contribution in [3.63, 3.8) is 0 Å². The van der Waals surface area contributed by atoms with E-state index in [4.69, 9.17) is 4.74 Å². The molecular formula is C18H20FNO. The molecule has 2 aromatic carbocycles. The minimum atomic E-state index is -0.198. The Morgan fingerprint density at radius 3 is 2.62 bits per heavy atom. The zero-order chi connectivity index (χ0) is 14.8. The first-order valence-electron chi connectivity index (χ1n) is 7.38. The number of ether oxygens (including phenoxy) is 1. The Labute approximate surface area is 125 Å². The summed E-state index contributed by atoms with van der Waals surface area (Å²) in [5.41, 5.74) is 2.29. The standard InChI is InChI=1S/C18H20FNO/c1-12-11-21-17-6-4-3-5-16(17)18(12)20-13(2)14-7-9-15(19)10-8-14/h3-10,12-13,18,20H,11H2,1-2H3/t12?,13-,18?/m0/s1. The molecular weight excluding hydrogens is 265 g/mol. The first kappa shape index (κ1) is 14.1. The lowest BCUT2D eigenvalue weighted by Crippen LogP contribution is -2.35. The topological polar surface area (TPSA) is 21.3 Å². The van der Waals surface area contributed by atoms with Crippen LogP contribution in [-0.4, -0.2) is 6.61 Å². The van der Waals surface area contributed by atoms with Crippen molar-refractivity contribution >= 4 is 0 Å². The molecule has 3 heteroatoms. The number of fused-ring (bicyclic) bond motifs is 1. The van der Waals surface area contributed by atoms with E-state index in [-0.39, 0.29) is 17.9 Å². The summed E-state index contributed by atoms with van der Waals surface area (Å²) < 4.78 is 18.8. The van der Waals surface area contributed by atoms with Gasteiger partial charge in [-0.1, -0.05) is 37.3 Å². The van der Waals surface area contributed by atoms with E-state index >= 15 is 0 Å². The van der Waals surface area contributed by atoms with Gasteiger partial charge in [-0.2, -0.15) is 0 Å². The monoisotopic (exact) mass is 285 g/mol. The van der Waals surface area contributed by atoms with Crippen LogP contribution < -0.4 is 10.1 Å². The van der Waals surface area contributed by atoms with Gasteiger partial charge >= 0.3 is 0 Å². The number of hydrogen-bond donors (Lipinski definition) is 1. The van der Waals surface area contributed by atoms with Gasteiger partial charge in [0.25, 0.3) is 0 Å². The van der Waals surface area contributed by atoms with Gasteiger partial charge in [-0.05, 0) is 30.7 Å². The van der Waals surface area contributed by atoms with Crippen molar-refractivity contribution < 1.29 is 9.13 Å². The second-order valence-electron chi connectivity index (χ2n) is 5.74. The van der Waals surface area contributed by atoms with Crippen LogP contribution in [0.2, 0.25) is 0 Å². The summed E-state index contributed by atoms with van der Waals surface area (Å²) in [6.07, 6.45) is 0. The van der Waals surface area contributed by atoms with Crippen LogP contribution in [0, 0.1) is 11.7 Å². The Morgan fingerprint density at radius 2 is 1.86 bits per heavy atom. The highest BCUT2D eigenvalue weighted by Gasteiger charge is 2.28. The third-order valence-electron chi connectivity index (χ3n) is 4.12. The van der Waals surface area contributed by atoms with Crippen molar-refractivity contribution in [1.29, 1.82) is 0 Å². The van der Waals surface area contributed by atoms with E-state index in [1.807, 2.05) is 30.3 Å². The molecule has 2 nitrogen and oxygen atoms in total. The molecule has 0 spiro atoms. The molecule has 2 unspecified atom stereocenters. The highest BCUT2D eigenvalue weighted by atomic mass is 19.1. The van der Waals surface area contributed by atoms with Gasteiger partial charge in [-0.15, -0.1) is 0 Å². The molecule has 1 heterocycles. The number of rotatable bonds is 3. The first-order valence-corrected chi connectivity index (χ1v) is 7.38. The van der Waals surface area contributed by atoms with Crippen LogP contribution in [0.15, 0.2) is 48.5 Å². The lowest BCUT2D eigenvalue weighted by molar-refractivity contribution is 0.182. The Morgan fingerprint density at radius 1 is 1.14 bits per heavy atom. The molecule has 0 bridgehead atoms. The quantitative estimate of drug-likeness (QED) is 0.910. The van der Waals surface area contributed by atoms with Crippen LogP contribution in [0.25, 0.3) is 0 Å². The van der Waals surface area contributed by atoms with Crippen molar-refractivity contribution in [3.05, 3.63) is 65.5 Å². The molecule has 0 saturated carbocycles. The molecule has 110 valence electrons. The van der Waals surface area contributed by atoms with Crippen molar-refractivity contribution in [2.75, 3.05) is 6.61 Å². The summed E-state index contributed by atoms with van der Waals surface area (Å²) >= 11 is 0. The van der Waals surface area contributed by atoms with Crippen molar-refractivity contribution in [2.24, 2.45) is 5.92 Å². The Balaban J connectivity index is 1.82. The lowest BCUT2D eigenvalue weighted by atomic mass is 9.91. The van der Waals surface area contributed by atoms with E-state index in [9.17, 15) is 4.39 Å². The normalized spacial score (nSPS) is 22.2.